The fourth-order valence-corrected chi connectivity index (χ4v) is 2.97. The van der Waals surface area contributed by atoms with Crippen LogP contribution < -0.4 is 5.56 Å². The SMILES string of the molecule is Cc1cc(F)c(Cc2nc(-c3nc(O)c(F)c(=O)[nH]3)cn3c(C)cnc23)cc1F. The summed E-state index contributed by atoms with van der Waals surface area (Å²) >= 11 is 0. The van der Waals surface area contributed by atoms with Crippen LogP contribution in [0.5, 0.6) is 5.88 Å². The van der Waals surface area contributed by atoms with Crippen LogP contribution in [0.2, 0.25) is 0 Å². The molecule has 0 aliphatic rings. The van der Waals surface area contributed by atoms with Crippen LogP contribution in [0.1, 0.15) is 22.5 Å². The van der Waals surface area contributed by atoms with Gasteiger partial charge in [-0.25, -0.2) is 18.7 Å². The minimum absolute atomic E-state index is 0.0729. The molecule has 0 bridgehead atoms. The van der Waals surface area contributed by atoms with Crippen LogP contribution in [0.15, 0.2) is 29.3 Å². The molecule has 10 heteroatoms. The van der Waals surface area contributed by atoms with Crippen molar-refractivity contribution in [1.82, 2.24) is 24.3 Å². The first-order valence-corrected chi connectivity index (χ1v) is 8.52. The molecule has 0 saturated heterocycles. The minimum Gasteiger partial charge on any atom is -0.491 e. The summed E-state index contributed by atoms with van der Waals surface area (Å²) < 4.78 is 43.3. The first kappa shape index (κ1) is 18.7. The van der Waals surface area contributed by atoms with E-state index in [1.54, 1.807) is 17.5 Å². The number of rotatable bonds is 3. The van der Waals surface area contributed by atoms with Crippen molar-refractivity contribution in [3.63, 3.8) is 0 Å². The lowest BCUT2D eigenvalue weighted by atomic mass is 10.1. The molecule has 0 atom stereocenters. The third kappa shape index (κ3) is 3.22. The first-order valence-electron chi connectivity index (χ1n) is 8.52. The largest absolute Gasteiger partial charge is 0.491 e. The fraction of sp³-hybridized carbons (Fsp3) is 0.158. The molecule has 4 aromatic rings. The van der Waals surface area contributed by atoms with E-state index in [9.17, 15) is 23.1 Å². The maximum atomic E-state index is 14.3. The third-order valence-electron chi connectivity index (χ3n) is 4.52. The number of benzene rings is 1. The topological polar surface area (TPSA) is 96.2 Å². The fourth-order valence-electron chi connectivity index (χ4n) is 2.97. The molecule has 0 spiro atoms. The summed E-state index contributed by atoms with van der Waals surface area (Å²) in [5, 5.41) is 9.52. The van der Waals surface area contributed by atoms with E-state index in [0.717, 1.165) is 12.1 Å². The molecule has 0 fully saturated rings. The van der Waals surface area contributed by atoms with Gasteiger partial charge in [0.2, 0.25) is 5.82 Å². The van der Waals surface area contributed by atoms with Crippen LogP contribution in [0.4, 0.5) is 13.2 Å². The third-order valence-corrected chi connectivity index (χ3v) is 4.52. The average Bonchev–Trinajstić information content (AvgIpc) is 3.05. The van der Waals surface area contributed by atoms with Crippen LogP contribution >= 0.6 is 0 Å². The Balaban J connectivity index is 1.91. The van der Waals surface area contributed by atoms with Gasteiger partial charge in [-0.3, -0.25) is 4.79 Å². The molecule has 0 radical (unpaired) electrons. The van der Waals surface area contributed by atoms with Gasteiger partial charge in [0.15, 0.2) is 11.5 Å². The van der Waals surface area contributed by atoms with Crippen molar-refractivity contribution in [3.05, 3.63) is 74.8 Å². The van der Waals surface area contributed by atoms with Gasteiger partial charge in [-0.1, -0.05) is 0 Å². The Morgan fingerprint density at radius 2 is 1.90 bits per heavy atom. The molecule has 0 aliphatic heterocycles. The number of aromatic amines is 1. The van der Waals surface area contributed by atoms with Gasteiger partial charge in [-0.2, -0.15) is 9.37 Å². The molecule has 148 valence electrons. The van der Waals surface area contributed by atoms with Crippen molar-refractivity contribution in [2.45, 2.75) is 20.3 Å². The van der Waals surface area contributed by atoms with Gasteiger partial charge < -0.3 is 14.5 Å². The van der Waals surface area contributed by atoms with Crippen LogP contribution in [0.3, 0.4) is 0 Å². The Hall–Kier alpha value is -3.69. The van der Waals surface area contributed by atoms with E-state index in [-0.39, 0.29) is 34.8 Å². The van der Waals surface area contributed by atoms with E-state index in [2.05, 4.69) is 19.9 Å². The molecule has 0 amide bonds. The van der Waals surface area contributed by atoms with Crippen LogP contribution in [-0.4, -0.2) is 29.4 Å². The van der Waals surface area contributed by atoms with Crippen molar-refractivity contribution in [2.75, 3.05) is 0 Å². The highest BCUT2D eigenvalue weighted by molar-refractivity contribution is 5.56. The lowest BCUT2D eigenvalue weighted by Crippen LogP contribution is -2.14. The van der Waals surface area contributed by atoms with Gasteiger partial charge in [-0.05, 0) is 37.1 Å². The van der Waals surface area contributed by atoms with E-state index in [0.29, 0.717) is 11.3 Å². The van der Waals surface area contributed by atoms with Crippen LogP contribution in [0.25, 0.3) is 17.2 Å². The van der Waals surface area contributed by atoms with E-state index < -0.39 is 28.9 Å². The number of aromatic nitrogens is 5. The highest BCUT2D eigenvalue weighted by Gasteiger charge is 2.18. The highest BCUT2D eigenvalue weighted by atomic mass is 19.1. The summed E-state index contributed by atoms with van der Waals surface area (Å²) in [5.74, 6) is -3.81. The number of nitrogens with one attached hydrogen (secondary N) is 1. The number of halogens is 3. The molecule has 3 aromatic heterocycles. The van der Waals surface area contributed by atoms with Crippen molar-refractivity contribution in [3.8, 4) is 17.4 Å². The Morgan fingerprint density at radius 3 is 2.62 bits per heavy atom. The summed E-state index contributed by atoms with van der Waals surface area (Å²) in [6, 6.07) is 2.19. The lowest BCUT2D eigenvalue weighted by Gasteiger charge is -2.10. The number of hydrogen-bond donors (Lipinski definition) is 2. The van der Waals surface area contributed by atoms with Gasteiger partial charge in [0, 0.05) is 24.5 Å². The monoisotopic (exact) mass is 401 g/mol. The van der Waals surface area contributed by atoms with E-state index in [4.69, 9.17) is 0 Å². The van der Waals surface area contributed by atoms with Gasteiger partial charge in [0.25, 0.3) is 11.4 Å². The van der Waals surface area contributed by atoms with Gasteiger partial charge in [0.1, 0.15) is 17.3 Å². The normalized spacial score (nSPS) is 11.3. The first-order chi connectivity index (χ1) is 13.7. The highest BCUT2D eigenvalue weighted by Crippen LogP contribution is 2.23. The van der Waals surface area contributed by atoms with Gasteiger partial charge in [0.05, 0.1) is 5.69 Å². The summed E-state index contributed by atoms with van der Waals surface area (Å²) in [6.45, 7) is 3.22. The second-order valence-corrected chi connectivity index (χ2v) is 6.59. The number of imidazole rings is 1. The Kier molecular flexibility index (Phi) is 4.33. The molecule has 0 unspecified atom stereocenters. The van der Waals surface area contributed by atoms with E-state index >= 15 is 0 Å². The number of hydrogen-bond acceptors (Lipinski definition) is 5. The molecule has 0 aliphatic carbocycles. The Morgan fingerprint density at radius 1 is 1.14 bits per heavy atom. The Labute approximate surface area is 161 Å². The zero-order valence-electron chi connectivity index (χ0n) is 15.3. The zero-order chi connectivity index (χ0) is 20.9. The minimum atomic E-state index is -1.41. The van der Waals surface area contributed by atoms with Gasteiger partial charge in [-0.15, -0.1) is 0 Å². The molecule has 1 aromatic carbocycles. The maximum absolute atomic E-state index is 14.3. The number of H-pyrrole nitrogens is 1. The summed E-state index contributed by atoms with van der Waals surface area (Å²) in [5.41, 5.74) is 0.569. The van der Waals surface area contributed by atoms with Gasteiger partial charge >= 0.3 is 0 Å². The second kappa shape index (κ2) is 6.73. The van der Waals surface area contributed by atoms with Crippen LogP contribution in [-0.2, 0) is 6.42 Å². The number of fused-ring (bicyclic) bond motifs is 1. The molecule has 2 N–H and O–H groups in total. The zero-order valence-corrected chi connectivity index (χ0v) is 15.3. The second-order valence-electron chi connectivity index (χ2n) is 6.59. The maximum Gasteiger partial charge on any atom is 0.291 e. The van der Waals surface area contributed by atoms with Crippen molar-refractivity contribution >= 4 is 5.65 Å². The molecule has 3 heterocycles. The standard InChI is InChI=1S/C19H14F3N5O2/c1-8-3-12(21)10(4-11(8)20)5-13-17-23-6-9(2)27(17)7-14(24-13)16-25-18(28)15(22)19(29)26-16/h3-4,6-7H,5H2,1-2H3,(H2,25,26,28,29). The average molecular weight is 401 g/mol. The summed E-state index contributed by atoms with van der Waals surface area (Å²) in [4.78, 5) is 26.0. The summed E-state index contributed by atoms with van der Waals surface area (Å²) in [6.07, 6.45) is 2.96. The Bertz CT molecular complexity index is 1330. The van der Waals surface area contributed by atoms with Crippen molar-refractivity contribution in [1.29, 1.82) is 0 Å². The predicted molar refractivity (Wildman–Crippen MR) is 97.1 cm³/mol. The molecule has 7 nitrogen and oxygen atoms in total. The smallest absolute Gasteiger partial charge is 0.291 e. The molecule has 29 heavy (non-hydrogen) atoms. The van der Waals surface area contributed by atoms with E-state index in [1.165, 1.54) is 13.1 Å². The number of nitrogens with zero attached hydrogens (tertiary/aromatic N) is 4. The van der Waals surface area contributed by atoms with Crippen molar-refractivity contribution in [2.24, 2.45) is 0 Å². The van der Waals surface area contributed by atoms with Crippen molar-refractivity contribution < 1.29 is 18.3 Å². The molecular formula is C19H14F3N5O2. The number of aromatic hydroxyl groups is 1. The van der Waals surface area contributed by atoms with Crippen LogP contribution in [0, 0.1) is 31.3 Å². The number of aryl methyl sites for hydroxylation is 2. The quantitative estimate of drug-likeness (QED) is 0.550. The van der Waals surface area contributed by atoms with E-state index in [1.807, 2.05) is 0 Å². The molecule has 0 saturated carbocycles. The summed E-state index contributed by atoms with van der Waals surface area (Å²) in [7, 11) is 0. The predicted octanol–water partition coefficient (Wildman–Crippen LogP) is 2.81. The lowest BCUT2D eigenvalue weighted by molar-refractivity contribution is 0.405. The molecular weight excluding hydrogens is 387 g/mol. The molecule has 4 rings (SSSR count).